The molecular weight excluding hydrogens is 510 g/mol. The molecule has 4 aromatic rings. The zero-order valence-corrected chi connectivity index (χ0v) is 22.6. The molecule has 0 spiro atoms. The first-order valence-electron chi connectivity index (χ1n) is 12.9. The number of anilines is 1. The van der Waals surface area contributed by atoms with Crippen molar-refractivity contribution in [3.8, 4) is 11.5 Å². The molecule has 7 nitrogen and oxygen atoms in total. The SMILES string of the molecule is Cc1ccc(S(=O)(=O)N2CCN(Cc3cccc(C(=O)Nc4ccccc4Oc4ccccc4)c3)CC2)cc1. The lowest BCUT2D eigenvalue weighted by Crippen LogP contribution is -2.48. The summed E-state index contributed by atoms with van der Waals surface area (Å²) in [6, 6.07) is 31.3. The van der Waals surface area contributed by atoms with Crippen LogP contribution in [-0.4, -0.2) is 49.7 Å². The van der Waals surface area contributed by atoms with Crippen LogP contribution >= 0.6 is 0 Å². The largest absolute Gasteiger partial charge is 0.455 e. The summed E-state index contributed by atoms with van der Waals surface area (Å²) in [6.45, 7) is 4.65. The number of nitrogens with zero attached hydrogens (tertiary/aromatic N) is 2. The van der Waals surface area contributed by atoms with Crippen LogP contribution in [0.3, 0.4) is 0 Å². The number of piperazine rings is 1. The summed E-state index contributed by atoms with van der Waals surface area (Å²) >= 11 is 0. The maximum atomic E-state index is 13.1. The molecule has 1 heterocycles. The molecule has 1 aliphatic rings. The highest BCUT2D eigenvalue weighted by molar-refractivity contribution is 7.89. The monoisotopic (exact) mass is 541 g/mol. The van der Waals surface area contributed by atoms with Gasteiger partial charge in [0.1, 0.15) is 5.75 Å². The fourth-order valence-corrected chi connectivity index (χ4v) is 5.95. The molecule has 4 aromatic carbocycles. The first kappa shape index (κ1) is 26.6. The van der Waals surface area contributed by atoms with Crippen molar-refractivity contribution < 1.29 is 17.9 Å². The van der Waals surface area contributed by atoms with E-state index >= 15 is 0 Å². The van der Waals surface area contributed by atoms with Gasteiger partial charge in [0.15, 0.2) is 5.75 Å². The van der Waals surface area contributed by atoms with E-state index in [4.69, 9.17) is 4.74 Å². The zero-order chi connectivity index (χ0) is 27.2. The van der Waals surface area contributed by atoms with Crippen LogP contribution in [0.5, 0.6) is 11.5 Å². The highest BCUT2D eigenvalue weighted by Gasteiger charge is 2.28. The number of rotatable bonds is 8. The molecule has 200 valence electrons. The van der Waals surface area contributed by atoms with Gasteiger partial charge in [0, 0.05) is 38.3 Å². The van der Waals surface area contributed by atoms with E-state index in [0.29, 0.717) is 60.4 Å². The molecule has 1 amide bonds. The van der Waals surface area contributed by atoms with Gasteiger partial charge < -0.3 is 10.1 Å². The van der Waals surface area contributed by atoms with Crippen molar-refractivity contribution in [2.45, 2.75) is 18.4 Å². The average molecular weight is 542 g/mol. The Balaban J connectivity index is 1.20. The molecule has 0 aromatic heterocycles. The molecule has 0 atom stereocenters. The van der Waals surface area contributed by atoms with Gasteiger partial charge in [0.2, 0.25) is 10.0 Å². The fraction of sp³-hybridized carbons (Fsp3) is 0.194. The summed E-state index contributed by atoms with van der Waals surface area (Å²) in [5.41, 5.74) is 3.15. The van der Waals surface area contributed by atoms with Crippen molar-refractivity contribution in [1.29, 1.82) is 0 Å². The molecular formula is C31H31N3O4S. The molecule has 5 rings (SSSR count). The Morgan fingerprint density at radius 2 is 1.51 bits per heavy atom. The summed E-state index contributed by atoms with van der Waals surface area (Å²) in [4.78, 5) is 15.7. The van der Waals surface area contributed by atoms with Crippen LogP contribution in [0.1, 0.15) is 21.5 Å². The predicted molar refractivity (Wildman–Crippen MR) is 153 cm³/mol. The van der Waals surface area contributed by atoms with Crippen molar-refractivity contribution in [2.24, 2.45) is 0 Å². The number of ether oxygens (including phenoxy) is 1. The number of nitrogens with one attached hydrogen (secondary N) is 1. The smallest absolute Gasteiger partial charge is 0.255 e. The quantitative estimate of drug-likeness (QED) is 0.317. The Hall–Kier alpha value is -3.98. The van der Waals surface area contributed by atoms with Gasteiger partial charge in [-0.15, -0.1) is 0 Å². The lowest BCUT2D eigenvalue weighted by Gasteiger charge is -2.34. The van der Waals surface area contributed by atoms with E-state index in [1.165, 1.54) is 0 Å². The molecule has 1 aliphatic heterocycles. The van der Waals surface area contributed by atoms with Crippen LogP contribution in [0, 0.1) is 6.92 Å². The molecule has 1 N–H and O–H groups in total. The second-order valence-electron chi connectivity index (χ2n) is 9.56. The van der Waals surface area contributed by atoms with Crippen molar-refractivity contribution in [3.63, 3.8) is 0 Å². The number of carbonyl (C=O) groups excluding carboxylic acids is 1. The van der Waals surface area contributed by atoms with E-state index in [1.807, 2.05) is 91.9 Å². The number of hydrogen-bond acceptors (Lipinski definition) is 5. The van der Waals surface area contributed by atoms with E-state index in [1.54, 1.807) is 22.5 Å². The number of carbonyl (C=O) groups is 1. The van der Waals surface area contributed by atoms with Gasteiger partial charge in [0.25, 0.3) is 5.91 Å². The van der Waals surface area contributed by atoms with Crippen LogP contribution in [0.4, 0.5) is 5.69 Å². The standard InChI is InChI=1S/C31H31N3O4S/c1-24-14-16-28(17-15-24)39(36,37)34-20-18-33(19-21-34)23-25-8-7-9-26(22-25)31(35)32-29-12-5-6-13-30(29)38-27-10-3-2-4-11-27/h2-17,22H,18-21,23H2,1H3,(H,32,35). The van der Waals surface area contributed by atoms with Crippen LogP contribution in [-0.2, 0) is 16.6 Å². The van der Waals surface area contributed by atoms with Gasteiger partial charge in [-0.3, -0.25) is 9.69 Å². The van der Waals surface area contributed by atoms with Crippen molar-refractivity contribution in [3.05, 3.63) is 120 Å². The van der Waals surface area contributed by atoms with Crippen LogP contribution in [0.15, 0.2) is 108 Å². The van der Waals surface area contributed by atoms with Crippen LogP contribution in [0.25, 0.3) is 0 Å². The lowest BCUT2D eigenvalue weighted by atomic mass is 10.1. The Morgan fingerprint density at radius 3 is 2.26 bits per heavy atom. The van der Waals surface area contributed by atoms with Gasteiger partial charge in [-0.2, -0.15) is 4.31 Å². The number of amides is 1. The first-order valence-corrected chi connectivity index (χ1v) is 14.3. The van der Waals surface area contributed by atoms with E-state index < -0.39 is 10.0 Å². The lowest BCUT2D eigenvalue weighted by molar-refractivity contribution is 0.102. The van der Waals surface area contributed by atoms with Crippen LogP contribution in [0.2, 0.25) is 0 Å². The Morgan fingerprint density at radius 1 is 0.821 bits per heavy atom. The molecule has 0 aliphatic carbocycles. The van der Waals surface area contributed by atoms with E-state index in [2.05, 4.69) is 10.2 Å². The average Bonchev–Trinajstić information content (AvgIpc) is 2.95. The molecule has 0 bridgehead atoms. The minimum Gasteiger partial charge on any atom is -0.455 e. The molecule has 39 heavy (non-hydrogen) atoms. The number of para-hydroxylation sites is 3. The highest BCUT2D eigenvalue weighted by atomic mass is 32.2. The summed E-state index contributed by atoms with van der Waals surface area (Å²) in [7, 11) is -3.50. The Labute approximate surface area is 229 Å². The summed E-state index contributed by atoms with van der Waals surface area (Å²) in [5.74, 6) is 1.02. The predicted octanol–water partition coefficient (Wildman–Crippen LogP) is 5.55. The number of sulfonamides is 1. The maximum Gasteiger partial charge on any atom is 0.255 e. The third-order valence-corrected chi connectivity index (χ3v) is 8.60. The minimum atomic E-state index is -3.50. The number of hydrogen-bond donors (Lipinski definition) is 1. The first-order chi connectivity index (χ1) is 18.9. The molecule has 8 heteroatoms. The second kappa shape index (κ2) is 11.8. The van der Waals surface area contributed by atoms with Gasteiger partial charge in [-0.05, 0) is 61.0 Å². The summed E-state index contributed by atoms with van der Waals surface area (Å²) < 4.78 is 33.5. The molecule has 1 saturated heterocycles. The van der Waals surface area contributed by atoms with Crippen molar-refractivity contribution >= 4 is 21.6 Å². The van der Waals surface area contributed by atoms with Crippen molar-refractivity contribution in [2.75, 3.05) is 31.5 Å². The van der Waals surface area contributed by atoms with Crippen LogP contribution < -0.4 is 10.1 Å². The molecule has 1 fully saturated rings. The summed E-state index contributed by atoms with van der Waals surface area (Å²) in [6.07, 6.45) is 0. The number of benzene rings is 4. The van der Waals surface area contributed by atoms with E-state index in [-0.39, 0.29) is 5.91 Å². The molecule has 0 saturated carbocycles. The maximum absolute atomic E-state index is 13.1. The third-order valence-electron chi connectivity index (χ3n) is 6.69. The van der Waals surface area contributed by atoms with E-state index in [0.717, 1.165) is 11.1 Å². The third kappa shape index (κ3) is 6.54. The van der Waals surface area contributed by atoms with Gasteiger partial charge in [-0.25, -0.2) is 8.42 Å². The van der Waals surface area contributed by atoms with Crippen molar-refractivity contribution in [1.82, 2.24) is 9.21 Å². The molecule has 0 radical (unpaired) electrons. The number of aryl methyl sites for hydroxylation is 1. The fourth-order valence-electron chi connectivity index (χ4n) is 4.53. The highest BCUT2D eigenvalue weighted by Crippen LogP contribution is 2.29. The minimum absolute atomic E-state index is 0.227. The van der Waals surface area contributed by atoms with Gasteiger partial charge in [-0.1, -0.05) is 60.2 Å². The molecule has 0 unspecified atom stereocenters. The van der Waals surface area contributed by atoms with Gasteiger partial charge in [0.05, 0.1) is 10.6 Å². The summed E-state index contributed by atoms with van der Waals surface area (Å²) in [5, 5.41) is 2.97. The second-order valence-corrected chi connectivity index (χ2v) is 11.5. The topological polar surface area (TPSA) is 79.0 Å². The zero-order valence-electron chi connectivity index (χ0n) is 21.8. The Kier molecular flexibility index (Phi) is 8.07. The van der Waals surface area contributed by atoms with Gasteiger partial charge >= 0.3 is 0 Å². The Bertz CT molecular complexity index is 1530. The normalized spacial score (nSPS) is 14.6. The van der Waals surface area contributed by atoms with E-state index in [9.17, 15) is 13.2 Å².